The molecule has 0 aliphatic rings. The number of alkyl halides is 3. The molecule has 3 N–H and O–H groups in total. The highest BCUT2D eigenvalue weighted by Gasteiger charge is 2.32. The van der Waals surface area contributed by atoms with Crippen LogP contribution in [0.2, 0.25) is 0 Å². The van der Waals surface area contributed by atoms with E-state index in [0.29, 0.717) is 30.2 Å². The molecule has 176 valence electrons. The lowest BCUT2D eigenvalue weighted by atomic mass is 10.0. The fourth-order valence-electron chi connectivity index (χ4n) is 3.21. The molecule has 3 aromatic rings. The third-order valence-electron chi connectivity index (χ3n) is 5.07. The van der Waals surface area contributed by atoms with Gasteiger partial charge in [0.05, 0.1) is 16.6 Å². The second-order valence-corrected chi connectivity index (χ2v) is 9.16. The molecule has 1 aromatic heterocycles. The Bertz CT molecular complexity index is 1180. The number of hydrogen-bond donors (Lipinski definition) is 2. The molecule has 0 fully saturated rings. The van der Waals surface area contributed by atoms with E-state index in [1.807, 2.05) is 12.1 Å². The number of aliphatic hydroxyl groups excluding tert-OH is 1. The van der Waals surface area contributed by atoms with Crippen LogP contribution in [0.3, 0.4) is 0 Å². The van der Waals surface area contributed by atoms with Gasteiger partial charge in [0.2, 0.25) is 10.0 Å². The van der Waals surface area contributed by atoms with Crippen LogP contribution < -0.4 is 9.88 Å². The summed E-state index contributed by atoms with van der Waals surface area (Å²) < 4.78 is 68.7. The Balaban J connectivity index is 1.73. The van der Waals surface area contributed by atoms with E-state index in [0.717, 1.165) is 17.7 Å². The summed E-state index contributed by atoms with van der Waals surface area (Å²) in [4.78, 5) is 3.40. The zero-order valence-corrected chi connectivity index (χ0v) is 18.5. The van der Waals surface area contributed by atoms with Crippen LogP contribution in [0.1, 0.15) is 24.5 Å². The van der Waals surface area contributed by atoms with E-state index in [1.165, 1.54) is 24.3 Å². The Labute approximate surface area is 189 Å². The van der Waals surface area contributed by atoms with E-state index < -0.39 is 38.9 Å². The summed E-state index contributed by atoms with van der Waals surface area (Å²) in [6.45, 7) is 1.72. The largest absolute Gasteiger partial charge is 0.488 e. The van der Waals surface area contributed by atoms with Gasteiger partial charge in [0.25, 0.3) is 0 Å². The topological polar surface area (TPSA) is 103 Å². The third-order valence-corrected chi connectivity index (χ3v) is 5.96. The molecule has 0 aliphatic heterocycles. The van der Waals surface area contributed by atoms with Crippen molar-refractivity contribution in [3.63, 3.8) is 0 Å². The zero-order chi connectivity index (χ0) is 24.2. The molecule has 0 aliphatic carbocycles. The number of nitrogens with two attached hydrogens (primary N) is 1. The highest BCUT2D eigenvalue weighted by atomic mass is 32.2. The molecule has 0 amide bonds. The van der Waals surface area contributed by atoms with Gasteiger partial charge < -0.3 is 9.84 Å². The van der Waals surface area contributed by atoms with Crippen molar-refractivity contribution in [3.8, 4) is 16.9 Å². The first-order chi connectivity index (χ1) is 15.4. The van der Waals surface area contributed by atoms with Crippen LogP contribution in [-0.2, 0) is 22.6 Å². The molecule has 0 radical (unpaired) electrons. The highest BCUT2D eigenvalue weighted by molar-refractivity contribution is 7.89. The van der Waals surface area contributed by atoms with Crippen LogP contribution in [0, 0.1) is 0 Å². The molecule has 2 unspecified atom stereocenters. The quantitative estimate of drug-likeness (QED) is 0.504. The van der Waals surface area contributed by atoms with E-state index >= 15 is 0 Å². The van der Waals surface area contributed by atoms with Gasteiger partial charge in [0.15, 0.2) is 0 Å². The van der Waals surface area contributed by atoms with Crippen molar-refractivity contribution in [1.82, 2.24) is 4.98 Å². The SMILES string of the molecule is CC(Oc1ccc(-c2cc(C(F)(F)F)cc(S(N)(=O)=O)c2)cc1)C(O)CCc1cccnc1. The number of rotatable bonds is 8. The van der Waals surface area contributed by atoms with Crippen molar-refractivity contribution in [2.75, 3.05) is 0 Å². The molecule has 0 saturated heterocycles. The first-order valence-electron chi connectivity index (χ1n) is 10.0. The zero-order valence-electron chi connectivity index (χ0n) is 17.7. The number of primary sulfonamides is 1. The van der Waals surface area contributed by atoms with Crippen molar-refractivity contribution < 1.29 is 31.4 Å². The predicted molar refractivity (Wildman–Crippen MR) is 117 cm³/mol. The molecule has 0 bridgehead atoms. The number of ether oxygens (including phenoxy) is 1. The van der Waals surface area contributed by atoms with Crippen LogP contribution in [0.4, 0.5) is 13.2 Å². The lowest BCUT2D eigenvalue weighted by Crippen LogP contribution is -2.29. The van der Waals surface area contributed by atoms with Crippen LogP contribution >= 0.6 is 0 Å². The number of aliphatic hydroxyl groups is 1. The lowest BCUT2D eigenvalue weighted by Gasteiger charge is -2.21. The molecular formula is C23H23F3N2O4S. The third kappa shape index (κ3) is 6.77. The number of sulfonamides is 1. The summed E-state index contributed by atoms with van der Waals surface area (Å²) in [5.41, 5.74) is 0.274. The average molecular weight is 481 g/mol. The molecule has 2 atom stereocenters. The van der Waals surface area contributed by atoms with Gasteiger partial charge in [0, 0.05) is 12.4 Å². The predicted octanol–water partition coefficient (Wildman–Crippen LogP) is 4.18. The number of hydrogen-bond acceptors (Lipinski definition) is 5. The normalized spacial score (nSPS) is 14.0. The van der Waals surface area contributed by atoms with Gasteiger partial charge >= 0.3 is 6.18 Å². The second kappa shape index (κ2) is 9.90. The van der Waals surface area contributed by atoms with E-state index in [1.54, 1.807) is 19.3 Å². The van der Waals surface area contributed by atoms with E-state index in [2.05, 4.69) is 4.98 Å². The summed E-state index contributed by atoms with van der Waals surface area (Å²) in [7, 11) is -4.33. The molecule has 2 aromatic carbocycles. The number of aryl methyl sites for hydroxylation is 1. The Hall–Kier alpha value is -2.95. The molecule has 1 heterocycles. The Morgan fingerprint density at radius 2 is 1.79 bits per heavy atom. The molecule has 6 nitrogen and oxygen atoms in total. The maximum absolute atomic E-state index is 13.2. The molecule has 3 rings (SSSR count). The van der Waals surface area contributed by atoms with Gasteiger partial charge in [-0.3, -0.25) is 4.98 Å². The molecule has 33 heavy (non-hydrogen) atoms. The number of nitrogens with zero attached hydrogens (tertiary/aromatic N) is 1. The summed E-state index contributed by atoms with van der Waals surface area (Å²) in [5, 5.41) is 15.4. The maximum atomic E-state index is 13.2. The lowest BCUT2D eigenvalue weighted by molar-refractivity contribution is -0.137. The summed E-state index contributed by atoms with van der Waals surface area (Å²) >= 11 is 0. The fraction of sp³-hybridized carbons (Fsp3) is 0.261. The van der Waals surface area contributed by atoms with Crippen molar-refractivity contribution >= 4 is 10.0 Å². The van der Waals surface area contributed by atoms with Gasteiger partial charge in [-0.05, 0) is 72.9 Å². The summed E-state index contributed by atoms with van der Waals surface area (Å²) in [5.74, 6) is 0.408. The molecule has 0 saturated carbocycles. The number of aromatic nitrogens is 1. The number of benzene rings is 2. The monoisotopic (exact) mass is 480 g/mol. The van der Waals surface area contributed by atoms with Gasteiger partial charge in [-0.25, -0.2) is 13.6 Å². The highest BCUT2D eigenvalue weighted by Crippen LogP contribution is 2.35. The maximum Gasteiger partial charge on any atom is 0.416 e. The van der Waals surface area contributed by atoms with E-state index in [-0.39, 0.29) is 5.56 Å². The van der Waals surface area contributed by atoms with E-state index in [9.17, 15) is 26.7 Å². The smallest absolute Gasteiger partial charge is 0.416 e. The van der Waals surface area contributed by atoms with Crippen LogP contribution in [0.15, 0.2) is 71.9 Å². The fourth-order valence-corrected chi connectivity index (χ4v) is 3.79. The van der Waals surface area contributed by atoms with Gasteiger partial charge in [-0.2, -0.15) is 13.2 Å². The minimum Gasteiger partial charge on any atom is -0.488 e. The van der Waals surface area contributed by atoms with Gasteiger partial charge in [-0.15, -0.1) is 0 Å². The van der Waals surface area contributed by atoms with Crippen LogP contribution in [-0.4, -0.2) is 30.7 Å². The number of halogens is 3. The Kier molecular flexibility index (Phi) is 7.41. The van der Waals surface area contributed by atoms with Crippen LogP contribution in [0.25, 0.3) is 11.1 Å². The van der Waals surface area contributed by atoms with Gasteiger partial charge in [-0.1, -0.05) is 18.2 Å². The molecule has 10 heteroatoms. The van der Waals surface area contributed by atoms with Crippen LogP contribution in [0.5, 0.6) is 5.75 Å². The first kappa shape index (κ1) is 24.7. The second-order valence-electron chi connectivity index (χ2n) is 7.60. The van der Waals surface area contributed by atoms with E-state index in [4.69, 9.17) is 9.88 Å². The Morgan fingerprint density at radius 3 is 2.36 bits per heavy atom. The minimum atomic E-state index is -4.74. The van der Waals surface area contributed by atoms with Crippen molar-refractivity contribution in [3.05, 3.63) is 78.1 Å². The van der Waals surface area contributed by atoms with Crippen molar-refractivity contribution in [2.24, 2.45) is 5.14 Å². The number of pyridine rings is 1. The summed E-state index contributed by atoms with van der Waals surface area (Å²) in [6, 6.07) is 12.3. The van der Waals surface area contributed by atoms with Gasteiger partial charge in [0.1, 0.15) is 11.9 Å². The van der Waals surface area contributed by atoms with Crippen molar-refractivity contribution in [1.29, 1.82) is 0 Å². The standard InChI is InChI=1S/C23H23F3N2O4S/c1-15(22(29)9-4-16-3-2-10-28-14-16)32-20-7-5-17(6-8-20)18-11-19(23(24,25)26)13-21(12-18)33(27,30)31/h2-3,5-8,10-15,22,29H,4,9H2,1H3,(H2,27,30,31). The average Bonchev–Trinajstić information content (AvgIpc) is 2.77. The molecular weight excluding hydrogens is 457 g/mol. The first-order valence-corrected chi connectivity index (χ1v) is 11.6. The minimum absolute atomic E-state index is 0.0463. The Morgan fingerprint density at radius 1 is 1.09 bits per heavy atom. The summed E-state index contributed by atoms with van der Waals surface area (Å²) in [6.07, 6.45) is -1.52. The van der Waals surface area contributed by atoms with Crippen molar-refractivity contribution in [2.45, 2.75) is 43.0 Å². The molecule has 0 spiro atoms.